The number of rotatable bonds is 3. The molecule has 0 radical (unpaired) electrons. The minimum absolute atomic E-state index is 0.435. The SMILES string of the molecule is C#CCN(C#N)CCC. The second kappa shape index (κ2) is 5.00. The van der Waals surface area contributed by atoms with Crippen LogP contribution < -0.4 is 0 Å². The van der Waals surface area contributed by atoms with Gasteiger partial charge in [-0.3, -0.25) is 4.90 Å². The Morgan fingerprint density at radius 3 is 2.67 bits per heavy atom. The van der Waals surface area contributed by atoms with Crippen molar-refractivity contribution in [3.8, 4) is 18.5 Å². The van der Waals surface area contributed by atoms with Crippen LogP contribution in [0.1, 0.15) is 13.3 Å². The highest BCUT2D eigenvalue weighted by Gasteiger charge is 1.93. The molecule has 0 aliphatic rings. The summed E-state index contributed by atoms with van der Waals surface area (Å²) in [7, 11) is 0. The Morgan fingerprint density at radius 2 is 2.33 bits per heavy atom. The summed E-state index contributed by atoms with van der Waals surface area (Å²) in [6, 6.07) is 0. The highest BCUT2D eigenvalue weighted by Crippen LogP contribution is 1.85. The van der Waals surface area contributed by atoms with E-state index in [0.29, 0.717) is 6.54 Å². The molecule has 2 heteroatoms. The first-order chi connectivity index (χ1) is 4.35. The van der Waals surface area contributed by atoms with E-state index in [1.54, 1.807) is 4.90 Å². The molecule has 0 N–H and O–H groups in total. The second-order valence-electron chi connectivity index (χ2n) is 1.73. The highest BCUT2D eigenvalue weighted by molar-refractivity contribution is 4.91. The number of hydrogen-bond donors (Lipinski definition) is 0. The molecule has 0 amide bonds. The van der Waals surface area contributed by atoms with E-state index in [9.17, 15) is 0 Å². The van der Waals surface area contributed by atoms with E-state index in [1.807, 2.05) is 13.1 Å². The Labute approximate surface area is 56.1 Å². The van der Waals surface area contributed by atoms with Crippen LogP contribution in [0.4, 0.5) is 0 Å². The normalized spacial score (nSPS) is 7.44. The zero-order valence-corrected chi connectivity index (χ0v) is 5.59. The molecule has 0 aliphatic carbocycles. The average Bonchev–Trinajstić information content (AvgIpc) is 1.88. The van der Waals surface area contributed by atoms with Crippen molar-refractivity contribution >= 4 is 0 Å². The van der Waals surface area contributed by atoms with Gasteiger partial charge >= 0.3 is 0 Å². The van der Waals surface area contributed by atoms with Crippen molar-refractivity contribution in [2.75, 3.05) is 13.1 Å². The zero-order chi connectivity index (χ0) is 7.11. The lowest BCUT2D eigenvalue weighted by molar-refractivity contribution is 0.438. The van der Waals surface area contributed by atoms with Crippen LogP contribution in [0.2, 0.25) is 0 Å². The van der Waals surface area contributed by atoms with Gasteiger partial charge in [0.1, 0.15) is 0 Å². The van der Waals surface area contributed by atoms with Crippen molar-refractivity contribution in [1.82, 2.24) is 4.90 Å². The fourth-order valence-corrected chi connectivity index (χ4v) is 0.545. The molecule has 0 rings (SSSR count). The summed E-state index contributed by atoms with van der Waals surface area (Å²) < 4.78 is 0. The summed E-state index contributed by atoms with van der Waals surface area (Å²) in [6.45, 7) is 3.21. The lowest BCUT2D eigenvalue weighted by Crippen LogP contribution is -2.18. The van der Waals surface area contributed by atoms with Gasteiger partial charge < -0.3 is 0 Å². The zero-order valence-electron chi connectivity index (χ0n) is 5.59. The van der Waals surface area contributed by atoms with Crippen LogP contribution in [0.3, 0.4) is 0 Å². The third-order valence-corrected chi connectivity index (χ3v) is 0.917. The molecular weight excluding hydrogens is 112 g/mol. The first-order valence-electron chi connectivity index (χ1n) is 2.93. The van der Waals surface area contributed by atoms with Crippen molar-refractivity contribution in [1.29, 1.82) is 5.26 Å². The third-order valence-electron chi connectivity index (χ3n) is 0.917. The van der Waals surface area contributed by atoms with Gasteiger partial charge in [-0.05, 0) is 6.42 Å². The fraction of sp³-hybridized carbons (Fsp3) is 0.571. The van der Waals surface area contributed by atoms with Crippen LogP contribution in [0.15, 0.2) is 0 Å². The van der Waals surface area contributed by atoms with Gasteiger partial charge in [0.05, 0.1) is 6.54 Å². The minimum Gasteiger partial charge on any atom is -0.299 e. The molecule has 0 aromatic carbocycles. The summed E-state index contributed by atoms with van der Waals surface area (Å²) >= 11 is 0. The summed E-state index contributed by atoms with van der Waals surface area (Å²) in [5.41, 5.74) is 0. The van der Waals surface area contributed by atoms with Crippen LogP contribution >= 0.6 is 0 Å². The van der Waals surface area contributed by atoms with Crippen molar-refractivity contribution < 1.29 is 0 Å². The van der Waals surface area contributed by atoms with Gasteiger partial charge in [-0.25, -0.2) is 0 Å². The van der Waals surface area contributed by atoms with E-state index in [1.165, 1.54) is 0 Å². The molecule has 0 aromatic heterocycles. The summed E-state index contributed by atoms with van der Waals surface area (Å²) in [4.78, 5) is 1.56. The highest BCUT2D eigenvalue weighted by atomic mass is 15.1. The molecule has 0 saturated heterocycles. The van der Waals surface area contributed by atoms with Gasteiger partial charge in [0.15, 0.2) is 6.19 Å². The molecule has 2 nitrogen and oxygen atoms in total. The van der Waals surface area contributed by atoms with Crippen LogP contribution in [0.5, 0.6) is 0 Å². The van der Waals surface area contributed by atoms with Gasteiger partial charge in [-0.2, -0.15) is 5.26 Å². The number of hydrogen-bond acceptors (Lipinski definition) is 2. The number of terminal acetylenes is 1. The summed E-state index contributed by atoms with van der Waals surface area (Å²) in [5, 5.41) is 8.37. The molecule has 0 unspecified atom stereocenters. The fourth-order valence-electron chi connectivity index (χ4n) is 0.545. The summed E-state index contributed by atoms with van der Waals surface area (Å²) in [5.74, 6) is 2.41. The number of nitrogens with zero attached hydrogens (tertiary/aromatic N) is 2. The maximum absolute atomic E-state index is 8.37. The van der Waals surface area contributed by atoms with Gasteiger partial charge in [0.25, 0.3) is 0 Å². The van der Waals surface area contributed by atoms with Gasteiger partial charge in [-0.1, -0.05) is 12.8 Å². The molecule has 0 fully saturated rings. The predicted molar refractivity (Wildman–Crippen MR) is 36.3 cm³/mol. The van der Waals surface area contributed by atoms with Gasteiger partial charge in [0, 0.05) is 6.54 Å². The van der Waals surface area contributed by atoms with E-state index in [4.69, 9.17) is 11.7 Å². The Morgan fingerprint density at radius 1 is 1.67 bits per heavy atom. The smallest absolute Gasteiger partial charge is 0.180 e. The predicted octanol–water partition coefficient (Wildman–Crippen LogP) is 0.813. The lowest BCUT2D eigenvalue weighted by atomic mass is 10.4. The molecule has 0 saturated carbocycles. The maximum Gasteiger partial charge on any atom is 0.180 e. The topological polar surface area (TPSA) is 27.0 Å². The molecule has 0 bridgehead atoms. The standard InChI is InChI=1S/C7H10N2/c1-3-5-9(7-8)6-4-2/h1H,4-6H2,2H3. The van der Waals surface area contributed by atoms with Crippen LogP contribution in [-0.4, -0.2) is 18.0 Å². The van der Waals surface area contributed by atoms with Crippen LogP contribution in [0, 0.1) is 23.8 Å². The average molecular weight is 122 g/mol. The van der Waals surface area contributed by atoms with Crippen molar-refractivity contribution in [3.63, 3.8) is 0 Å². The Kier molecular flexibility index (Phi) is 4.36. The maximum atomic E-state index is 8.37. The van der Waals surface area contributed by atoms with Crippen molar-refractivity contribution in [2.45, 2.75) is 13.3 Å². The first kappa shape index (κ1) is 7.85. The van der Waals surface area contributed by atoms with E-state index in [-0.39, 0.29) is 0 Å². The Bertz CT molecular complexity index is 138. The second-order valence-corrected chi connectivity index (χ2v) is 1.73. The van der Waals surface area contributed by atoms with E-state index in [2.05, 4.69) is 5.92 Å². The summed E-state index contributed by atoms with van der Waals surface area (Å²) in [6.07, 6.45) is 7.95. The molecule has 48 valence electrons. The Balaban J connectivity index is 3.48. The molecule has 0 heterocycles. The van der Waals surface area contributed by atoms with Crippen LogP contribution in [-0.2, 0) is 0 Å². The monoisotopic (exact) mass is 122 g/mol. The molecule has 0 aliphatic heterocycles. The molecule has 9 heavy (non-hydrogen) atoms. The van der Waals surface area contributed by atoms with Crippen LogP contribution in [0.25, 0.3) is 0 Å². The van der Waals surface area contributed by atoms with Gasteiger partial charge in [0.2, 0.25) is 0 Å². The number of nitriles is 1. The molecule has 0 spiro atoms. The first-order valence-corrected chi connectivity index (χ1v) is 2.93. The molecule has 0 aromatic rings. The Hall–Kier alpha value is -1.15. The third kappa shape index (κ3) is 3.43. The lowest BCUT2D eigenvalue weighted by Gasteiger charge is -2.08. The van der Waals surface area contributed by atoms with Crippen molar-refractivity contribution in [2.24, 2.45) is 0 Å². The molecule has 0 atom stereocenters. The van der Waals surface area contributed by atoms with Crippen molar-refractivity contribution in [3.05, 3.63) is 0 Å². The largest absolute Gasteiger partial charge is 0.299 e. The minimum atomic E-state index is 0.435. The van der Waals surface area contributed by atoms with E-state index >= 15 is 0 Å². The van der Waals surface area contributed by atoms with Gasteiger partial charge in [-0.15, -0.1) is 6.42 Å². The van der Waals surface area contributed by atoms with E-state index in [0.717, 1.165) is 13.0 Å². The van der Waals surface area contributed by atoms with E-state index < -0.39 is 0 Å². The molecular formula is C7H10N2. The quantitative estimate of drug-likeness (QED) is 0.314.